The van der Waals surface area contributed by atoms with Gasteiger partial charge in [0.05, 0.1) is 19.0 Å². The summed E-state index contributed by atoms with van der Waals surface area (Å²) in [6, 6.07) is 16.5. The van der Waals surface area contributed by atoms with Crippen LogP contribution >= 0.6 is 7.60 Å². The van der Waals surface area contributed by atoms with E-state index in [4.69, 9.17) is 9.05 Å². The molecule has 35 heavy (non-hydrogen) atoms. The number of hydrogen-bond donors (Lipinski definition) is 2. The van der Waals surface area contributed by atoms with Crippen LogP contribution in [0.3, 0.4) is 0 Å². The third-order valence-electron chi connectivity index (χ3n) is 5.28. The lowest BCUT2D eigenvalue weighted by Crippen LogP contribution is -2.43. The van der Waals surface area contributed by atoms with E-state index >= 15 is 0 Å². The number of benzene rings is 2. The maximum atomic E-state index is 14.0. The molecule has 188 valence electrons. The Hall–Kier alpha value is -2.78. The van der Waals surface area contributed by atoms with Gasteiger partial charge in [-0.05, 0) is 44.4 Å². The first-order valence-electron chi connectivity index (χ1n) is 11.3. The molecule has 1 saturated heterocycles. The zero-order chi connectivity index (χ0) is 25.5. The first kappa shape index (κ1) is 26.8. The fourth-order valence-corrected chi connectivity index (χ4v) is 7.29. The minimum atomic E-state index is -4.13. The molecule has 2 amide bonds. The molecular weight excluding hydrogens is 491 g/mol. The van der Waals surface area contributed by atoms with Crippen LogP contribution in [0.25, 0.3) is 5.31 Å². The average Bonchev–Trinajstić information content (AvgIpc) is 3.17. The first-order valence-corrected chi connectivity index (χ1v) is 14.6. The van der Waals surface area contributed by atoms with Crippen molar-refractivity contribution in [2.45, 2.75) is 32.1 Å². The Morgan fingerprint density at radius 2 is 1.49 bits per heavy atom. The van der Waals surface area contributed by atoms with Crippen LogP contribution in [0.4, 0.5) is 0 Å². The lowest BCUT2D eigenvalue weighted by molar-refractivity contribution is -0.118. The standard InChI is InChI=1S/C24H29N2O7PS/c1-3-32-34(29,33-4-2)22(18-12-7-5-8-13-18)21(26-23(27)19-14-9-6-10-15-19)24(28)25-20-16-11-17-35(20,30)31/h5-10,12-15,20H,3-4,11,16-17H2,1-2H3,(H,25,28)(H,26,27). The SMILES string of the molecule is CCOP(=O)(OCC)C(=C(NC(=O)c1ccccc1)C(=O)NC1CCCS1(=O)=O)c1ccccc1. The lowest BCUT2D eigenvalue weighted by atomic mass is 10.1. The Bertz CT molecular complexity index is 1220. The highest BCUT2D eigenvalue weighted by Crippen LogP contribution is 2.61. The summed E-state index contributed by atoms with van der Waals surface area (Å²) in [6.07, 6.45) is 0.647. The van der Waals surface area contributed by atoms with Gasteiger partial charge in [-0.1, -0.05) is 48.5 Å². The fraction of sp³-hybridized carbons (Fsp3) is 0.333. The fourth-order valence-electron chi connectivity index (χ4n) is 3.71. The lowest BCUT2D eigenvalue weighted by Gasteiger charge is -2.24. The number of carbonyl (C=O) groups is 2. The Labute approximate surface area is 205 Å². The summed E-state index contributed by atoms with van der Waals surface area (Å²) in [7, 11) is -7.67. The maximum absolute atomic E-state index is 14.0. The summed E-state index contributed by atoms with van der Waals surface area (Å²) < 4.78 is 49.8. The van der Waals surface area contributed by atoms with Gasteiger partial charge in [0.15, 0.2) is 9.84 Å². The van der Waals surface area contributed by atoms with E-state index in [0.29, 0.717) is 12.0 Å². The molecule has 0 radical (unpaired) electrons. The van der Waals surface area contributed by atoms with Crippen LogP contribution in [0.2, 0.25) is 0 Å². The van der Waals surface area contributed by atoms with Gasteiger partial charge >= 0.3 is 7.60 Å². The van der Waals surface area contributed by atoms with Crippen LogP contribution < -0.4 is 10.6 Å². The predicted octanol–water partition coefficient (Wildman–Crippen LogP) is 3.70. The third kappa shape index (κ3) is 6.46. The number of amides is 2. The zero-order valence-electron chi connectivity index (χ0n) is 19.6. The quantitative estimate of drug-likeness (QED) is 0.361. The van der Waals surface area contributed by atoms with E-state index in [2.05, 4.69) is 10.6 Å². The van der Waals surface area contributed by atoms with Crippen molar-refractivity contribution < 1.29 is 31.6 Å². The highest BCUT2D eigenvalue weighted by Gasteiger charge is 2.39. The molecule has 0 bridgehead atoms. The predicted molar refractivity (Wildman–Crippen MR) is 133 cm³/mol. The Balaban J connectivity index is 2.20. The van der Waals surface area contributed by atoms with E-state index in [0.717, 1.165) is 0 Å². The molecule has 0 saturated carbocycles. The normalized spacial score (nSPS) is 17.9. The van der Waals surface area contributed by atoms with E-state index in [1.807, 2.05) is 0 Å². The molecule has 0 aliphatic carbocycles. The van der Waals surface area contributed by atoms with Crippen molar-refractivity contribution >= 4 is 34.6 Å². The largest absolute Gasteiger partial charge is 0.364 e. The molecular formula is C24H29N2O7PS. The highest BCUT2D eigenvalue weighted by atomic mass is 32.2. The van der Waals surface area contributed by atoms with Crippen molar-refractivity contribution in [1.29, 1.82) is 0 Å². The van der Waals surface area contributed by atoms with E-state index in [1.54, 1.807) is 74.5 Å². The number of nitrogens with one attached hydrogen (secondary N) is 2. The van der Waals surface area contributed by atoms with E-state index in [-0.39, 0.29) is 36.3 Å². The molecule has 3 rings (SSSR count). The van der Waals surface area contributed by atoms with Gasteiger partial charge in [-0.15, -0.1) is 0 Å². The monoisotopic (exact) mass is 520 g/mol. The Morgan fingerprint density at radius 3 is 1.97 bits per heavy atom. The molecule has 0 aromatic heterocycles. The van der Waals surface area contributed by atoms with Crippen molar-refractivity contribution in [3.8, 4) is 0 Å². The molecule has 1 atom stereocenters. The van der Waals surface area contributed by atoms with Crippen molar-refractivity contribution in [3.63, 3.8) is 0 Å². The number of sulfone groups is 1. The topological polar surface area (TPSA) is 128 Å². The van der Waals surface area contributed by atoms with Gasteiger partial charge in [-0.3, -0.25) is 14.2 Å². The Morgan fingerprint density at radius 1 is 0.943 bits per heavy atom. The van der Waals surface area contributed by atoms with Crippen LogP contribution in [0.1, 0.15) is 42.6 Å². The second-order valence-corrected chi connectivity index (χ2v) is 12.0. The summed E-state index contributed by atoms with van der Waals surface area (Å²) >= 11 is 0. The molecule has 2 aromatic carbocycles. The maximum Gasteiger partial charge on any atom is 0.364 e. The van der Waals surface area contributed by atoms with Crippen molar-refractivity contribution in [2.75, 3.05) is 19.0 Å². The number of hydrogen-bond acceptors (Lipinski definition) is 7. The van der Waals surface area contributed by atoms with Crippen molar-refractivity contribution in [3.05, 3.63) is 77.5 Å². The smallest absolute Gasteiger partial charge is 0.334 e. The second-order valence-electron chi connectivity index (χ2n) is 7.71. The molecule has 1 unspecified atom stereocenters. The highest BCUT2D eigenvalue weighted by molar-refractivity contribution is 7.92. The van der Waals surface area contributed by atoms with Gasteiger partial charge in [-0.2, -0.15) is 0 Å². The summed E-state index contributed by atoms with van der Waals surface area (Å²) in [6.45, 7) is 3.27. The molecule has 1 heterocycles. The molecule has 1 fully saturated rings. The molecule has 2 N–H and O–H groups in total. The molecule has 0 spiro atoms. The molecule has 9 nitrogen and oxygen atoms in total. The van der Waals surface area contributed by atoms with Crippen LogP contribution in [0.15, 0.2) is 66.4 Å². The van der Waals surface area contributed by atoms with Crippen molar-refractivity contribution in [2.24, 2.45) is 0 Å². The van der Waals surface area contributed by atoms with Gasteiger partial charge < -0.3 is 19.7 Å². The van der Waals surface area contributed by atoms with E-state index in [1.165, 1.54) is 0 Å². The van der Waals surface area contributed by atoms with Gasteiger partial charge in [0.1, 0.15) is 16.4 Å². The minimum Gasteiger partial charge on any atom is -0.334 e. The van der Waals surface area contributed by atoms with Gasteiger partial charge in [0.25, 0.3) is 11.8 Å². The van der Waals surface area contributed by atoms with E-state index < -0.39 is 40.3 Å². The zero-order valence-corrected chi connectivity index (χ0v) is 21.3. The summed E-state index contributed by atoms with van der Waals surface area (Å²) in [4.78, 5) is 26.6. The summed E-state index contributed by atoms with van der Waals surface area (Å²) in [5.41, 5.74) is 0.185. The first-order chi connectivity index (χ1) is 16.7. The number of rotatable bonds is 10. The number of carbonyl (C=O) groups excluding carboxylic acids is 2. The van der Waals surface area contributed by atoms with Crippen LogP contribution in [0.5, 0.6) is 0 Å². The van der Waals surface area contributed by atoms with Crippen LogP contribution in [0, 0.1) is 0 Å². The molecule has 2 aromatic rings. The van der Waals surface area contributed by atoms with Crippen LogP contribution in [-0.4, -0.2) is 44.6 Å². The Kier molecular flexibility index (Phi) is 9.02. The van der Waals surface area contributed by atoms with Gasteiger partial charge in [0.2, 0.25) is 0 Å². The van der Waals surface area contributed by atoms with Gasteiger partial charge in [-0.25, -0.2) is 8.42 Å². The third-order valence-corrected chi connectivity index (χ3v) is 9.58. The summed E-state index contributed by atoms with van der Waals surface area (Å²) in [5.74, 6) is -1.59. The molecule has 1 aliphatic heterocycles. The average molecular weight is 521 g/mol. The van der Waals surface area contributed by atoms with E-state index in [9.17, 15) is 22.6 Å². The van der Waals surface area contributed by atoms with Crippen LogP contribution in [-0.2, 0) is 28.2 Å². The second kappa shape index (κ2) is 11.8. The molecule has 1 aliphatic rings. The van der Waals surface area contributed by atoms with Crippen molar-refractivity contribution in [1.82, 2.24) is 10.6 Å². The summed E-state index contributed by atoms with van der Waals surface area (Å²) in [5, 5.41) is 3.79. The minimum absolute atomic E-state index is 0.00610. The van der Waals surface area contributed by atoms with Gasteiger partial charge in [0, 0.05) is 5.56 Å². The molecule has 11 heteroatoms.